The van der Waals surface area contributed by atoms with Crippen LogP contribution in [0, 0.1) is 0 Å². The molecule has 0 fully saturated rings. The highest BCUT2D eigenvalue weighted by molar-refractivity contribution is 8.76. The van der Waals surface area contributed by atoms with E-state index in [0.717, 1.165) is 4.90 Å². The topological polar surface area (TPSA) is 91.8 Å². The van der Waals surface area contributed by atoms with Crippen LogP contribution in [-0.2, 0) is 4.79 Å². The molecule has 0 unspecified atom stereocenters. The fraction of sp³-hybridized carbons (Fsp3) is 0.100. The molecule has 0 saturated heterocycles. The summed E-state index contributed by atoms with van der Waals surface area (Å²) in [7, 11) is 2.98. The summed E-state index contributed by atoms with van der Waals surface area (Å²) >= 11 is 0. The van der Waals surface area contributed by atoms with Gasteiger partial charge in [0.25, 0.3) is 0 Å². The molecule has 0 aliphatic heterocycles. The molecule has 0 aliphatic carbocycles. The zero-order valence-corrected chi connectivity index (χ0v) is 10.5. The van der Waals surface area contributed by atoms with Gasteiger partial charge in [0, 0.05) is 26.8 Å². The number of amides is 1. The van der Waals surface area contributed by atoms with Gasteiger partial charge in [0.15, 0.2) is 0 Å². The van der Waals surface area contributed by atoms with Crippen molar-refractivity contribution in [3.63, 3.8) is 0 Å². The predicted molar refractivity (Wildman–Crippen MR) is 71.9 cm³/mol. The molecular formula is C10H10N4OS2. The smallest absolute Gasteiger partial charge is 0.244 e. The number of benzene rings is 1. The maximum Gasteiger partial charge on any atom is 0.244 e. The zero-order valence-electron chi connectivity index (χ0n) is 8.87. The van der Waals surface area contributed by atoms with E-state index in [-0.39, 0.29) is 0 Å². The molecule has 0 saturated carbocycles. The lowest BCUT2D eigenvalue weighted by Crippen LogP contribution is -2.14. The van der Waals surface area contributed by atoms with E-state index in [2.05, 4.69) is 16.6 Å². The molecule has 5 nitrogen and oxygen atoms in total. The van der Waals surface area contributed by atoms with Crippen LogP contribution in [0.3, 0.4) is 0 Å². The van der Waals surface area contributed by atoms with Gasteiger partial charge in [0.1, 0.15) is 0 Å². The number of primary amides is 1. The van der Waals surface area contributed by atoms with Crippen molar-refractivity contribution in [2.24, 2.45) is 10.8 Å². The standard InChI is InChI=1S/C10H10N4OS2/c1-7(10(11)15)6-16-17-9-4-2-8(3-5-9)13-14-12/h2-5H,1,6H2,(H2,11,15). The summed E-state index contributed by atoms with van der Waals surface area (Å²) in [4.78, 5) is 14.4. The molecule has 0 spiro atoms. The van der Waals surface area contributed by atoms with Gasteiger partial charge in [-0.2, -0.15) is 0 Å². The van der Waals surface area contributed by atoms with Crippen molar-refractivity contribution in [2.75, 3.05) is 5.75 Å². The molecule has 0 radical (unpaired) electrons. The maximum absolute atomic E-state index is 10.7. The molecule has 0 heterocycles. The van der Waals surface area contributed by atoms with Crippen LogP contribution in [0.4, 0.5) is 5.69 Å². The number of hydrogen-bond acceptors (Lipinski definition) is 4. The quantitative estimate of drug-likeness (QED) is 0.281. The Hall–Kier alpha value is -1.56. The van der Waals surface area contributed by atoms with Gasteiger partial charge < -0.3 is 5.73 Å². The normalized spacial score (nSPS) is 9.41. The summed E-state index contributed by atoms with van der Waals surface area (Å²) < 4.78 is 0. The van der Waals surface area contributed by atoms with Crippen molar-refractivity contribution in [1.29, 1.82) is 0 Å². The third kappa shape index (κ3) is 4.86. The van der Waals surface area contributed by atoms with E-state index in [1.807, 2.05) is 12.1 Å². The van der Waals surface area contributed by atoms with Crippen LogP contribution in [-0.4, -0.2) is 11.7 Å². The molecule has 0 bridgehead atoms. The minimum Gasteiger partial charge on any atom is -0.366 e. The fourth-order valence-corrected chi connectivity index (χ4v) is 2.93. The first-order valence-corrected chi connectivity index (χ1v) is 6.87. The monoisotopic (exact) mass is 266 g/mol. The molecule has 17 heavy (non-hydrogen) atoms. The molecule has 0 aliphatic rings. The van der Waals surface area contributed by atoms with Gasteiger partial charge in [0.05, 0.1) is 0 Å². The Morgan fingerprint density at radius 1 is 1.47 bits per heavy atom. The van der Waals surface area contributed by atoms with Crippen molar-refractivity contribution >= 4 is 33.2 Å². The van der Waals surface area contributed by atoms with Gasteiger partial charge >= 0.3 is 0 Å². The Labute approximate surface area is 106 Å². The molecular weight excluding hydrogens is 256 g/mol. The Morgan fingerprint density at radius 2 is 2.12 bits per heavy atom. The Balaban J connectivity index is 2.45. The number of carbonyl (C=O) groups is 1. The van der Waals surface area contributed by atoms with Crippen molar-refractivity contribution < 1.29 is 4.79 Å². The highest BCUT2D eigenvalue weighted by atomic mass is 33.1. The maximum atomic E-state index is 10.7. The highest BCUT2D eigenvalue weighted by Crippen LogP contribution is 2.32. The lowest BCUT2D eigenvalue weighted by atomic mass is 10.3. The first-order chi connectivity index (χ1) is 8.13. The van der Waals surface area contributed by atoms with Crippen LogP contribution in [0.15, 0.2) is 46.4 Å². The third-order valence-electron chi connectivity index (χ3n) is 1.73. The van der Waals surface area contributed by atoms with Gasteiger partial charge in [-0.1, -0.05) is 45.4 Å². The third-order valence-corrected chi connectivity index (χ3v) is 4.07. The predicted octanol–water partition coefficient (Wildman–Crippen LogP) is 3.41. The van der Waals surface area contributed by atoms with Gasteiger partial charge in [0.2, 0.25) is 5.91 Å². The van der Waals surface area contributed by atoms with Gasteiger partial charge in [-0.05, 0) is 17.7 Å². The van der Waals surface area contributed by atoms with Crippen molar-refractivity contribution in [3.8, 4) is 0 Å². The Morgan fingerprint density at radius 3 is 2.65 bits per heavy atom. The highest BCUT2D eigenvalue weighted by Gasteiger charge is 2.02. The number of rotatable bonds is 6. The summed E-state index contributed by atoms with van der Waals surface area (Å²) in [5, 5.41) is 3.47. The summed E-state index contributed by atoms with van der Waals surface area (Å²) in [6.45, 7) is 3.56. The van der Waals surface area contributed by atoms with Gasteiger partial charge in [-0.15, -0.1) is 0 Å². The zero-order chi connectivity index (χ0) is 12.7. The number of nitrogens with two attached hydrogens (primary N) is 1. The van der Waals surface area contributed by atoms with Crippen LogP contribution in [0.2, 0.25) is 0 Å². The molecule has 2 N–H and O–H groups in total. The summed E-state index contributed by atoms with van der Waals surface area (Å²) in [5.74, 6) is 0.00905. The lowest BCUT2D eigenvalue weighted by molar-refractivity contribution is -0.114. The number of hydrogen-bond donors (Lipinski definition) is 1. The lowest BCUT2D eigenvalue weighted by Gasteiger charge is -2.01. The molecule has 1 amide bonds. The molecule has 0 atom stereocenters. The van der Waals surface area contributed by atoms with E-state index < -0.39 is 5.91 Å². The molecule has 1 rings (SSSR count). The number of azide groups is 1. The summed E-state index contributed by atoms with van der Waals surface area (Å²) in [6.07, 6.45) is 0. The second-order valence-electron chi connectivity index (χ2n) is 3.00. The van der Waals surface area contributed by atoms with Crippen LogP contribution >= 0.6 is 21.6 Å². The number of carbonyl (C=O) groups excluding carboxylic acids is 1. The second kappa shape index (κ2) is 6.90. The average Bonchev–Trinajstić information content (AvgIpc) is 2.31. The minimum atomic E-state index is -0.475. The van der Waals surface area contributed by atoms with E-state index in [9.17, 15) is 4.79 Å². The molecule has 0 aromatic heterocycles. The van der Waals surface area contributed by atoms with E-state index in [4.69, 9.17) is 11.3 Å². The SMILES string of the molecule is C=C(CSSc1ccc(N=[N+]=[N-])cc1)C(N)=O. The van der Waals surface area contributed by atoms with E-state index in [1.165, 1.54) is 21.6 Å². The van der Waals surface area contributed by atoms with E-state index >= 15 is 0 Å². The number of nitrogens with zero attached hydrogens (tertiary/aromatic N) is 3. The van der Waals surface area contributed by atoms with E-state index in [1.54, 1.807) is 12.1 Å². The fourth-order valence-electron chi connectivity index (χ4n) is 0.860. The Bertz CT molecular complexity index is 466. The Kier molecular flexibility index (Phi) is 5.48. The first kappa shape index (κ1) is 13.5. The molecule has 7 heteroatoms. The van der Waals surface area contributed by atoms with Crippen LogP contribution < -0.4 is 5.73 Å². The van der Waals surface area contributed by atoms with Gasteiger partial charge in [-0.3, -0.25) is 4.79 Å². The van der Waals surface area contributed by atoms with E-state index in [0.29, 0.717) is 17.0 Å². The van der Waals surface area contributed by atoms with Crippen molar-refractivity contribution in [1.82, 2.24) is 0 Å². The van der Waals surface area contributed by atoms with Gasteiger partial charge in [-0.25, -0.2) is 0 Å². The van der Waals surface area contributed by atoms with Crippen LogP contribution in [0.5, 0.6) is 0 Å². The molecule has 1 aromatic carbocycles. The van der Waals surface area contributed by atoms with Crippen LogP contribution in [0.1, 0.15) is 0 Å². The average molecular weight is 266 g/mol. The summed E-state index contributed by atoms with van der Waals surface area (Å²) in [5.41, 5.74) is 14.3. The van der Waals surface area contributed by atoms with Crippen molar-refractivity contribution in [2.45, 2.75) is 4.90 Å². The molecule has 1 aromatic rings. The first-order valence-electron chi connectivity index (χ1n) is 4.55. The van der Waals surface area contributed by atoms with Crippen molar-refractivity contribution in [3.05, 3.63) is 46.9 Å². The molecule has 88 valence electrons. The largest absolute Gasteiger partial charge is 0.366 e. The minimum absolute atomic E-state index is 0.396. The summed E-state index contributed by atoms with van der Waals surface area (Å²) in [6, 6.07) is 7.14. The van der Waals surface area contributed by atoms with Crippen LogP contribution in [0.25, 0.3) is 10.4 Å². The second-order valence-corrected chi connectivity index (χ2v) is 5.37.